The van der Waals surface area contributed by atoms with Gasteiger partial charge in [0, 0.05) is 16.5 Å². The first-order valence-corrected chi connectivity index (χ1v) is 11.5. The summed E-state index contributed by atoms with van der Waals surface area (Å²) in [4.78, 5) is 17.9. The van der Waals surface area contributed by atoms with E-state index in [4.69, 9.17) is 26.4 Å². The largest absolute Gasteiger partial charge is 0.503 e. The Balaban J connectivity index is 1.86. The van der Waals surface area contributed by atoms with Crippen molar-refractivity contribution in [3.8, 4) is 11.5 Å². The van der Waals surface area contributed by atoms with Crippen molar-refractivity contribution >= 4 is 40.1 Å². The number of nitrogens with one attached hydrogen (secondary N) is 1. The molecule has 2 N–H and O–H groups in total. The van der Waals surface area contributed by atoms with Crippen LogP contribution in [0.15, 0.2) is 46.5 Å². The fraction of sp³-hybridized carbons (Fsp3) is 0.318. The quantitative estimate of drug-likeness (QED) is 0.649. The zero-order chi connectivity index (χ0) is 22.0. The maximum absolute atomic E-state index is 13.1. The number of benzene rings is 2. The zero-order valence-corrected chi connectivity index (χ0v) is 18.8. The molecule has 0 fully saturated rings. The number of rotatable bonds is 6. The van der Waals surface area contributed by atoms with Crippen LogP contribution < -0.4 is 20.6 Å². The van der Waals surface area contributed by atoms with Gasteiger partial charge in [-0.05, 0) is 31.5 Å². The summed E-state index contributed by atoms with van der Waals surface area (Å²) in [6.07, 6.45) is 1.46. The summed E-state index contributed by atoms with van der Waals surface area (Å²) in [5.41, 5.74) is 1.09. The van der Waals surface area contributed by atoms with E-state index in [9.17, 15) is 9.90 Å². The summed E-state index contributed by atoms with van der Waals surface area (Å²) < 4.78 is 5.54. The van der Waals surface area contributed by atoms with E-state index in [2.05, 4.69) is 12.2 Å². The van der Waals surface area contributed by atoms with Crippen molar-refractivity contribution in [3.63, 3.8) is 0 Å². The van der Waals surface area contributed by atoms with E-state index in [1.165, 1.54) is 11.8 Å². The highest BCUT2D eigenvalue weighted by Gasteiger charge is 2.35. The number of carbonyl (C=O) groups excluding carboxylic acids is 1. The van der Waals surface area contributed by atoms with E-state index in [-0.39, 0.29) is 22.4 Å². The molecule has 2 aromatic rings. The molecule has 31 heavy (non-hydrogen) atoms. The van der Waals surface area contributed by atoms with E-state index in [0.717, 1.165) is 18.6 Å². The molecule has 0 saturated heterocycles. The Morgan fingerprint density at radius 1 is 1.29 bits per heavy atom. The second-order valence-electron chi connectivity index (χ2n) is 7.06. The number of para-hydroxylation sites is 1. The van der Waals surface area contributed by atoms with Crippen LogP contribution >= 0.6 is 23.4 Å². The van der Waals surface area contributed by atoms with Gasteiger partial charge in [-0.1, -0.05) is 54.9 Å². The van der Waals surface area contributed by atoms with Crippen molar-refractivity contribution in [1.82, 2.24) is 10.3 Å². The monoisotopic (exact) mass is 458 g/mol. The first-order valence-electron chi connectivity index (χ1n) is 10.2. The molecule has 2 aliphatic rings. The van der Waals surface area contributed by atoms with E-state index >= 15 is 0 Å². The number of carbonyl (C=O) groups is 1. The van der Waals surface area contributed by atoms with Gasteiger partial charge in [0.2, 0.25) is 0 Å². The maximum atomic E-state index is 13.1. The van der Waals surface area contributed by atoms with Crippen LogP contribution in [0.1, 0.15) is 38.4 Å². The van der Waals surface area contributed by atoms with Crippen LogP contribution in [0.25, 0.3) is 5.70 Å². The third-order valence-corrected chi connectivity index (χ3v) is 6.14. The van der Waals surface area contributed by atoms with Crippen molar-refractivity contribution in [2.75, 3.05) is 12.4 Å². The third kappa shape index (κ3) is 4.22. The van der Waals surface area contributed by atoms with Crippen molar-refractivity contribution in [2.45, 2.75) is 32.9 Å². The number of aromatic hydroxyl groups is 1. The van der Waals surface area contributed by atoms with Gasteiger partial charge >= 0.3 is 0 Å². The number of thioether (sulfide) groups is 1. The predicted molar refractivity (Wildman–Crippen MR) is 122 cm³/mol. The van der Waals surface area contributed by atoms with E-state index in [1.807, 2.05) is 31.2 Å². The van der Waals surface area contributed by atoms with Gasteiger partial charge in [0.05, 0.1) is 17.0 Å². The number of hydrazone groups is 1. The van der Waals surface area contributed by atoms with Crippen molar-refractivity contribution in [2.24, 2.45) is 10.1 Å². The molecule has 0 bridgehead atoms. The molecule has 1 atom stereocenters. The molecule has 0 spiro atoms. The van der Waals surface area contributed by atoms with Crippen LogP contribution in [0.4, 0.5) is 0 Å². The second-order valence-corrected chi connectivity index (χ2v) is 8.55. The molecule has 9 heteroatoms. The number of hydrogen-bond acceptors (Lipinski definition) is 7. The Hall–Kier alpha value is -2.71. The molecule has 1 amide bonds. The minimum absolute atomic E-state index is 0.122. The minimum atomic E-state index is -0.630. The number of amidine groups is 1. The molecule has 7 nitrogen and oxygen atoms in total. The Kier molecular flexibility index (Phi) is 6.38. The van der Waals surface area contributed by atoms with Gasteiger partial charge in [0.25, 0.3) is 5.91 Å². The average Bonchev–Trinajstić information content (AvgIpc) is 2.76. The number of ether oxygens (including phenoxy) is 1. The number of phenols is 1. The molecular formula is C22H23ClN4O3S. The molecule has 0 aromatic heterocycles. The topological polar surface area (TPSA) is 86.5 Å². The number of halogens is 1. The molecule has 162 valence electrons. The molecule has 1 unspecified atom stereocenters. The Morgan fingerprint density at radius 3 is 2.87 bits per heavy atom. The third-order valence-electron chi connectivity index (χ3n) is 4.90. The highest BCUT2D eigenvalue weighted by atomic mass is 35.5. The molecule has 0 saturated carbocycles. The van der Waals surface area contributed by atoms with Gasteiger partial charge in [-0.25, -0.2) is 5.01 Å². The van der Waals surface area contributed by atoms with Crippen molar-refractivity contribution in [3.05, 3.63) is 57.6 Å². The van der Waals surface area contributed by atoms with Crippen LogP contribution in [0, 0.1) is 0 Å². The van der Waals surface area contributed by atoms with Crippen LogP contribution in [0.2, 0.25) is 5.02 Å². The van der Waals surface area contributed by atoms with Crippen LogP contribution in [-0.2, 0) is 4.79 Å². The van der Waals surface area contributed by atoms with Gasteiger partial charge in [-0.3, -0.25) is 15.1 Å². The van der Waals surface area contributed by atoms with Gasteiger partial charge in [-0.2, -0.15) is 0 Å². The molecule has 0 aliphatic carbocycles. The number of fused-ring (bicyclic) bond motifs is 2. The van der Waals surface area contributed by atoms with Crippen molar-refractivity contribution in [1.29, 1.82) is 0 Å². The van der Waals surface area contributed by atoms with Gasteiger partial charge in [0.15, 0.2) is 22.8 Å². The standard InChI is InChI=1S/C22H23ClN4O3S/c1-3-5-10-31-22-25-21(29)18-14-8-6-7-9-16(14)24-20(27(18)26-22)13-11-15(23)19(28)17(12-13)30-4-2/h6-9,11-12,20,28H,3-5,10H2,1-2H3,(H,25,26,29). The summed E-state index contributed by atoms with van der Waals surface area (Å²) in [5.74, 6) is 0.778. The number of hydrogen-bond donors (Lipinski definition) is 2. The summed E-state index contributed by atoms with van der Waals surface area (Å²) in [6.45, 7) is 4.32. The summed E-state index contributed by atoms with van der Waals surface area (Å²) >= 11 is 7.78. The first kappa shape index (κ1) is 21.5. The van der Waals surface area contributed by atoms with Gasteiger partial charge < -0.3 is 9.84 Å². The first-order chi connectivity index (χ1) is 15.0. The fourth-order valence-electron chi connectivity index (χ4n) is 3.43. The smallest absolute Gasteiger partial charge is 0.276 e. The molecule has 2 aromatic carbocycles. The average molecular weight is 459 g/mol. The van der Waals surface area contributed by atoms with Crippen molar-refractivity contribution < 1.29 is 14.6 Å². The molecule has 2 heterocycles. The van der Waals surface area contributed by atoms with E-state index in [1.54, 1.807) is 17.1 Å². The van der Waals surface area contributed by atoms with Gasteiger partial charge in [0.1, 0.15) is 5.70 Å². The molecule has 0 radical (unpaired) electrons. The van der Waals surface area contributed by atoms with E-state index < -0.39 is 6.17 Å². The molecular weight excluding hydrogens is 436 g/mol. The summed E-state index contributed by atoms with van der Waals surface area (Å²) in [5, 5.41) is 21.6. The zero-order valence-electron chi connectivity index (χ0n) is 17.3. The maximum Gasteiger partial charge on any atom is 0.276 e. The summed E-state index contributed by atoms with van der Waals surface area (Å²) in [7, 11) is 0. The number of amides is 1. The Bertz CT molecular complexity index is 1170. The van der Waals surface area contributed by atoms with E-state index in [0.29, 0.717) is 33.6 Å². The number of unbranched alkanes of at least 4 members (excludes halogenated alkanes) is 1. The lowest BCUT2D eigenvalue weighted by Crippen LogP contribution is -2.50. The lowest BCUT2D eigenvalue weighted by Gasteiger charge is -2.34. The number of nitrogens with zero attached hydrogens (tertiary/aromatic N) is 3. The molecule has 2 aliphatic heterocycles. The highest BCUT2D eigenvalue weighted by molar-refractivity contribution is 8.13. The predicted octanol–water partition coefficient (Wildman–Crippen LogP) is 3.12. The minimum Gasteiger partial charge on any atom is -0.503 e. The summed E-state index contributed by atoms with van der Waals surface area (Å²) in [6, 6.07) is 10.8. The normalized spacial score (nSPS) is 17.3. The lowest BCUT2D eigenvalue weighted by molar-refractivity contribution is -0.116. The number of phenolic OH excluding ortho intramolecular Hbond substituents is 1. The fourth-order valence-corrected chi connectivity index (χ4v) is 4.59. The van der Waals surface area contributed by atoms with Gasteiger partial charge in [-0.15, -0.1) is 5.10 Å². The highest BCUT2D eigenvalue weighted by Crippen LogP contribution is 2.40. The Morgan fingerprint density at radius 2 is 2.10 bits per heavy atom. The second kappa shape index (κ2) is 9.20. The van der Waals surface area contributed by atoms with Crippen LogP contribution in [-0.4, -0.2) is 33.6 Å². The van der Waals surface area contributed by atoms with Crippen LogP contribution in [0.5, 0.6) is 11.5 Å². The lowest BCUT2D eigenvalue weighted by atomic mass is 10.1. The SMILES string of the molecule is CCCCSC1=NN2C(=c3ccccc3=NC2c2cc(Cl)c(O)c(OCC)c2)C(=O)N1. The molecule has 4 rings (SSSR count). The van der Waals surface area contributed by atoms with Crippen LogP contribution in [0.3, 0.4) is 0 Å². The Labute approximate surface area is 189 Å².